The molecule has 0 spiro atoms. The van der Waals surface area contributed by atoms with E-state index in [1.807, 2.05) is 43.3 Å². The Labute approximate surface area is 144 Å². The van der Waals surface area contributed by atoms with Gasteiger partial charge in [0.1, 0.15) is 13.2 Å². The standard InChI is InChI=1S/C18H17ClN2O3/c1-2-20-14-5-3-4-6-15(14)21(18(20)22)11-12-9-13(19)17-16(10-12)23-7-8-24-17/h3-6,9-10H,2,7-8,11H2,1H3. The number of benzene rings is 2. The first-order valence-electron chi connectivity index (χ1n) is 7.95. The minimum Gasteiger partial charge on any atom is -0.486 e. The molecule has 0 bridgehead atoms. The molecule has 124 valence electrons. The number of fused-ring (bicyclic) bond motifs is 2. The first kappa shape index (κ1) is 15.1. The van der Waals surface area contributed by atoms with Gasteiger partial charge in [-0.2, -0.15) is 0 Å². The smallest absolute Gasteiger partial charge is 0.329 e. The number of aromatic nitrogens is 2. The summed E-state index contributed by atoms with van der Waals surface area (Å²) in [4.78, 5) is 12.7. The number of halogens is 1. The average molecular weight is 345 g/mol. The van der Waals surface area contributed by atoms with E-state index in [1.54, 1.807) is 9.13 Å². The Morgan fingerprint density at radius 3 is 2.54 bits per heavy atom. The van der Waals surface area contributed by atoms with Crippen LogP contribution in [0.2, 0.25) is 5.02 Å². The Hall–Kier alpha value is -2.40. The summed E-state index contributed by atoms with van der Waals surface area (Å²) in [5.74, 6) is 1.21. The SMILES string of the molecule is CCn1c(=O)n(Cc2cc(Cl)c3c(c2)OCCO3)c2ccccc21. The van der Waals surface area contributed by atoms with Crippen molar-refractivity contribution >= 4 is 22.6 Å². The minimum atomic E-state index is -0.0234. The molecule has 1 aromatic heterocycles. The maximum atomic E-state index is 12.7. The summed E-state index contributed by atoms with van der Waals surface area (Å²) in [6.07, 6.45) is 0. The van der Waals surface area contributed by atoms with E-state index >= 15 is 0 Å². The Morgan fingerprint density at radius 1 is 1.08 bits per heavy atom. The van der Waals surface area contributed by atoms with E-state index in [9.17, 15) is 4.79 Å². The third kappa shape index (κ3) is 2.36. The van der Waals surface area contributed by atoms with Crippen molar-refractivity contribution in [1.82, 2.24) is 9.13 Å². The molecule has 1 aliphatic heterocycles. The van der Waals surface area contributed by atoms with Crippen molar-refractivity contribution < 1.29 is 9.47 Å². The quantitative estimate of drug-likeness (QED) is 0.732. The highest BCUT2D eigenvalue weighted by molar-refractivity contribution is 6.32. The summed E-state index contributed by atoms with van der Waals surface area (Å²) >= 11 is 6.31. The van der Waals surface area contributed by atoms with Gasteiger partial charge in [-0.1, -0.05) is 23.7 Å². The van der Waals surface area contributed by atoms with Crippen molar-refractivity contribution in [2.75, 3.05) is 13.2 Å². The molecule has 4 rings (SSSR count). The molecule has 0 amide bonds. The summed E-state index contributed by atoms with van der Waals surface area (Å²) < 4.78 is 14.7. The van der Waals surface area contributed by atoms with Crippen LogP contribution in [0.15, 0.2) is 41.2 Å². The van der Waals surface area contributed by atoms with Crippen molar-refractivity contribution in [3.8, 4) is 11.5 Å². The fourth-order valence-corrected chi connectivity index (χ4v) is 3.46. The van der Waals surface area contributed by atoms with Gasteiger partial charge in [-0.05, 0) is 36.8 Å². The van der Waals surface area contributed by atoms with Crippen molar-refractivity contribution in [3.05, 3.63) is 57.5 Å². The highest BCUT2D eigenvalue weighted by atomic mass is 35.5. The number of aryl methyl sites for hydroxylation is 1. The number of nitrogens with zero attached hydrogens (tertiary/aromatic N) is 2. The Bertz CT molecular complexity index is 974. The van der Waals surface area contributed by atoms with Gasteiger partial charge in [-0.25, -0.2) is 4.79 Å². The predicted octanol–water partition coefficient (Wildman–Crippen LogP) is 3.30. The first-order valence-corrected chi connectivity index (χ1v) is 8.33. The number of para-hydroxylation sites is 2. The van der Waals surface area contributed by atoms with E-state index in [4.69, 9.17) is 21.1 Å². The number of hydrogen-bond donors (Lipinski definition) is 0. The predicted molar refractivity (Wildman–Crippen MR) is 93.4 cm³/mol. The average Bonchev–Trinajstić information content (AvgIpc) is 2.87. The normalized spacial score (nSPS) is 13.4. The molecule has 5 nitrogen and oxygen atoms in total. The molecule has 3 aromatic rings. The molecule has 2 aromatic carbocycles. The zero-order valence-corrected chi connectivity index (χ0v) is 14.0. The van der Waals surface area contributed by atoms with E-state index in [0.717, 1.165) is 16.6 Å². The maximum Gasteiger partial charge on any atom is 0.329 e. The third-order valence-corrected chi connectivity index (χ3v) is 4.52. The second-order valence-corrected chi connectivity index (χ2v) is 6.11. The Kier molecular flexibility index (Phi) is 3.73. The molecule has 6 heteroatoms. The summed E-state index contributed by atoms with van der Waals surface area (Å²) in [7, 11) is 0. The van der Waals surface area contributed by atoms with Gasteiger partial charge < -0.3 is 9.47 Å². The van der Waals surface area contributed by atoms with E-state index in [0.29, 0.717) is 42.8 Å². The maximum absolute atomic E-state index is 12.7. The second-order valence-electron chi connectivity index (χ2n) is 5.70. The first-order chi connectivity index (χ1) is 11.7. The number of hydrogen-bond acceptors (Lipinski definition) is 3. The molecule has 2 heterocycles. The van der Waals surface area contributed by atoms with E-state index in [2.05, 4.69) is 0 Å². The van der Waals surface area contributed by atoms with Gasteiger partial charge in [0.2, 0.25) is 0 Å². The van der Waals surface area contributed by atoms with Crippen LogP contribution in [-0.4, -0.2) is 22.3 Å². The van der Waals surface area contributed by atoms with Crippen LogP contribution in [0, 0.1) is 0 Å². The summed E-state index contributed by atoms with van der Waals surface area (Å²) in [6.45, 7) is 4.04. The lowest BCUT2D eigenvalue weighted by atomic mass is 10.2. The van der Waals surface area contributed by atoms with Gasteiger partial charge in [0.25, 0.3) is 0 Å². The van der Waals surface area contributed by atoms with E-state index in [1.165, 1.54) is 0 Å². The highest BCUT2D eigenvalue weighted by Gasteiger charge is 2.18. The van der Waals surface area contributed by atoms with Gasteiger partial charge in [0.15, 0.2) is 11.5 Å². The van der Waals surface area contributed by atoms with Crippen LogP contribution in [0.4, 0.5) is 0 Å². The molecule has 0 atom stereocenters. The molecular weight excluding hydrogens is 328 g/mol. The molecule has 0 saturated heterocycles. The summed E-state index contributed by atoms with van der Waals surface area (Å²) in [5.41, 5.74) is 2.74. The second kappa shape index (κ2) is 5.91. The van der Waals surface area contributed by atoms with Crippen LogP contribution in [0.3, 0.4) is 0 Å². The largest absolute Gasteiger partial charge is 0.486 e. The van der Waals surface area contributed by atoms with E-state index in [-0.39, 0.29) is 5.69 Å². The van der Waals surface area contributed by atoms with Gasteiger partial charge >= 0.3 is 5.69 Å². The molecular formula is C18H17ClN2O3. The zero-order valence-electron chi connectivity index (χ0n) is 13.3. The van der Waals surface area contributed by atoms with Crippen LogP contribution in [0.1, 0.15) is 12.5 Å². The molecule has 0 unspecified atom stereocenters. The summed E-state index contributed by atoms with van der Waals surface area (Å²) in [5, 5.41) is 0.509. The fraction of sp³-hybridized carbons (Fsp3) is 0.278. The van der Waals surface area contributed by atoms with Gasteiger partial charge in [0, 0.05) is 6.54 Å². The topological polar surface area (TPSA) is 45.4 Å². The number of rotatable bonds is 3. The third-order valence-electron chi connectivity index (χ3n) is 4.24. The van der Waals surface area contributed by atoms with Gasteiger partial charge in [0.05, 0.1) is 22.6 Å². The van der Waals surface area contributed by atoms with Crippen molar-refractivity contribution in [3.63, 3.8) is 0 Å². The van der Waals surface area contributed by atoms with Crippen LogP contribution in [0.25, 0.3) is 11.0 Å². The summed E-state index contributed by atoms with van der Waals surface area (Å²) in [6, 6.07) is 11.5. The lowest BCUT2D eigenvalue weighted by Crippen LogP contribution is -2.24. The van der Waals surface area contributed by atoms with Crippen LogP contribution >= 0.6 is 11.6 Å². The molecule has 24 heavy (non-hydrogen) atoms. The van der Waals surface area contributed by atoms with Crippen LogP contribution in [-0.2, 0) is 13.1 Å². The fourth-order valence-electron chi connectivity index (χ4n) is 3.17. The monoisotopic (exact) mass is 344 g/mol. The lowest BCUT2D eigenvalue weighted by molar-refractivity contribution is 0.171. The van der Waals surface area contributed by atoms with Crippen molar-refractivity contribution in [1.29, 1.82) is 0 Å². The van der Waals surface area contributed by atoms with Gasteiger partial charge in [-0.3, -0.25) is 9.13 Å². The molecule has 0 fully saturated rings. The van der Waals surface area contributed by atoms with E-state index < -0.39 is 0 Å². The minimum absolute atomic E-state index is 0.0234. The molecule has 1 aliphatic rings. The molecule has 0 N–H and O–H groups in total. The Balaban J connectivity index is 1.82. The van der Waals surface area contributed by atoms with Crippen molar-refractivity contribution in [2.45, 2.75) is 20.0 Å². The lowest BCUT2D eigenvalue weighted by Gasteiger charge is -2.20. The molecule has 0 aliphatic carbocycles. The molecule has 0 saturated carbocycles. The van der Waals surface area contributed by atoms with Crippen molar-refractivity contribution in [2.24, 2.45) is 0 Å². The van der Waals surface area contributed by atoms with Crippen LogP contribution in [0.5, 0.6) is 11.5 Å². The highest BCUT2D eigenvalue weighted by Crippen LogP contribution is 2.38. The van der Waals surface area contributed by atoms with Gasteiger partial charge in [-0.15, -0.1) is 0 Å². The number of ether oxygens (including phenoxy) is 2. The molecule has 0 radical (unpaired) electrons. The zero-order chi connectivity index (χ0) is 16.7. The van der Waals surface area contributed by atoms with Crippen LogP contribution < -0.4 is 15.2 Å². The number of imidazole rings is 1. The Morgan fingerprint density at radius 2 is 1.79 bits per heavy atom.